The molecule has 0 heterocycles. The summed E-state index contributed by atoms with van der Waals surface area (Å²) in [6.07, 6.45) is -1.19. The lowest BCUT2D eigenvalue weighted by Gasteiger charge is -2.28. The zero-order valence-electron chi connectivity index (χ0n) is 8.78. The van der Waals surface area contributed by atoms with Gasteiger partial charge in [-0.3, -0.25) is 0 Å². The monoisotopic (exact) mass is 174 g/mol. The first-order valence-electron chi connectivity index (χ1n) is 4.74. The highest BCUT2D eigenvalue weighted by Gasteiger charge is 2.26. The van der Waals surface area contributed by atoms with E-state index in [-0.39, 0.29) is 11.8 Å². The minimum atomic E-state index is -0.595. The Hall–Kier alpha value is -0.0800. The maximum Gasteiger partial charge on any atom is 0.0829 e. The molecule has 74 valence electrons. The number of aliphatic hydroxyl groups is 2. The minimum absolute atomic E-state index is 0.126. The van der Waals surface area contributed by atoms with Crippen LogP contribution in [0.3, 0.4) is 0 Å². The molecular formula is C10H22O2. The molecule has 0 aliphatic carbocycles. The Balaban J connectivity index is 4.08. The van der Waals surface area contributed by atoms with Gasteiger partial charge in [0, 0.05) is 0 Å². The molecule has 0 aliphatic heterocycles. The maximum atomic E-state index is 9.68. The lowest BCUT2D eigenvalue weighted by Crippen LogP contribution is -2.37. The molecule has 0 aliphatic rings. The summed E-state index contributed by atoms with van der Waals surface area (Å²) in [6.45, 7) is 9.92. The van der Waals surface area contributed by atoms with Gasteiger partial charge in [0.25, 0.3) is 0 Å². The van der Waals surface area contributed by atoms with Crippen molar-refractivity contribution in [2.24, 2.45) is 17.8 Å². The van der Waals surface area contributed by atoms with Crippen LogP contribution in [0.4, 0.5) is 0 Å². The van der Waals surface area contributed by atoms with Crippen LogP contribution >= 0.6 is 0 Å². The molecule has 1 unspecified atom stereocenters. The Morgan fingerprint density at radius 1 is 0.667 bits per heavy atom. The van der Waals surface area contributed by atoms with Crippen LogP contribution in [-0.4, -0.2) is 22.4 Å². The van der Waals surface area contributed by atoms with Crippen molar-refractivity contribution in [3.8, 4) is 0 Å². The minimum Gasteiger partial charge on any atom is -0.390 e. The van der Waals surface area contributed by atoms with Crippen molar-refractivity contribution in [3.63, 3.8) is 0 Å². The summed E-state index contributed by atoms with van der Waals surface area (Å²) in [5.74, 6) is 0.692. The Bertz CT molecular complexity index is 107. The van der Waals surface area contributed by atoms with E-state index in [1.807, 2.05) is 20.8 Å². The number of aliphatic hydroxyl groups excluding tert-OH is 2. The van der Waals surface area contributed by atoms with Gasteiger partial charge < -0.3 is 10.2 Å². The third-order valence-electron chi connectivity index (χ3n) is 2.62. The van der Waals surface area contributed by atoms with Crippen molar-refractivity contribution in [1.29, 1.82) is 0 Å². The second kappa shape index (κ2) is 4.83. The molecule has 0 rings (SSSR count). The van der Waals surface area contributed by atoms with Gasteiger partial charge in [0.2, 0.25) is 0 Å². The Morgan fingerprint density at radius 2 is 1.08 bits per heavy atom. The van der Waals surface area contributed by atoms with E-state index in [1.54, 1.807) is 0 Å². The van der Waals surface area contributed by atoms with Gasteiger partial charge in [0.05, 0.1) is 12.2 Å². The third kappa shape index (κ3) is 3.11. The Labute approximate surface area is 75.6 Å². The van der Waals surface area contributed by atoms with Crippen LogP contribution in [0.1, 0.15) is 34.6 Å². The van der Waals surface area contributed by atoms with Gasteiger partial charge in [0.1, 0.15) is 0 Å². The fourth-order valence-corrected chi connectivity index (χ4v) is 1.10. The first kappa shape index (κ1) is 11.9. The van der Waals surface area contributed by atoms with E-state index in [4.69, 9.17) is 0 Å². The van der Waals surface area contributed by atoms with Gasteiger partial charge in [0.15, 0.2) is 0 Å². The van der Waals surface area contributed by atoms with Crippen molar-refractivity contribution in [3.05, 3.63) is 0 Å². The van der Waals surface area contributed by atoms with E-state index < -0.39 is 12.2 Å². The van der Waals surface area contributed by atoms with Gasteiger partial charge in [-0.1, -0.05) is 34.6 Å². The third-order valence-corrected chi connectivity index (χ3v) is 2.62. The summed E-state index contributed by atoms with van der Waals surface area (Å²) in [6, 6.07) is 0. The van der Waals surface area contributed by atoms with Gasteiger partial charge in [-0.05, 0) is 17.8 Å². The van der Waals surface area contributed by atoms with Gasteiger partial charge in [-0.2, -0.15) is 0 Å². The fraction of sp³-hybridized carbons (Fsp3) is 1.00. The van der Waals surface area contributed by atoms with Crippen molar-refractivity contribution in [1.82, 2.24) is 0 Å². The van der Waals surface area contributed by atoms with Crippen molar-refractivity contribution >= 4 is 0 Å². The molecule has 0 amide bonds. The number of hydrogen-bond donors (Lipinski definition) is 2. The lowest BCUT2D eigenvalue weighted by molar-refractivity contribution is -0.0460. The molecule has 0 aromatic rings. The average molecular weight is 174 g/mol. The van der Waals surface area contributed by atoms with Crippen LogP contribution in [0.15, 0.2) is 0 Å². The predicted molar refractivity (Wildman–Crippen MR) is 50.9 cm³/mol. The van der Waals surface area contributed by atoms with Crippen molar-refractivity contribution in [2.45, 2.75) is 46.8 Å². The molecule has 12 heavy (non-hydrogen) atoms. The van der Waals surface area contributed by atoms with Crippen molar-refractivity contribution < 1.29 is 10.2 Å². The lowest BCUT2D eigenvalue weighted by atomic mass is 9.86. The molecule has 2 N–H and O–H groups in total. The molecule has 0 spiro atoms. The zero-order chi connectivity index (χ0) is 9.89. The number of hydrogen-bond acceptors (Lipinski definition) is 2. The summed E-state index contributed by atoms with van der Waals surface area (Å²) in [4.78, 5) is 0. The van der Waals surface area contributed by atoms with E-state index in [2.05, 4.69) is 13.8 Å². The van der Waals surface area contributed by atoms with Crippen LogP contribution in [0, 0.1) is 17.8 Å². The largest absolute Gasteiger partial charge is 0.390 e. The molecule has 2 heteroatoms. The fourth-order valence-electron chi connectivity index (χ4n) is 1.10. The highest BCUT2D eigenvalue weighted by Crippen LogP contribution is 2.20. The van der Waals surface area contributed by atoms with E-state index in [0.717, 1.165) is 0 Å². The maximum absolute atomic E-state index is 9.68. The number of rotatable bonds is 4. The molecule has 0 saturated heterocycles. The van der Waals surface area contributed by atoms with Crippen LogP contribution in [-0.2, 0) is 0 Å². The van der Waals surface area contributed by atoms with Gasteiger partial charge in [-0.15, -0.1) is 0 Å². The zero-order valence-corrected chi connectivity index (χ0v) is 8.78. The van der Waals surface area contributed by atoms with E-state index >= 15 is 0 Å². The van der Waals surface area contributed by atoms with Crippen LogP contribution in [0.25, 0.3) is 0 Å². The smallest absolute Gasteiger partial charge is 0.0829 e. The molecule has 2 nitrogen and oxygen atoms in total. The molecule has 0 saturated carbocycles. The van der Waals surface area contributed by atoms with E-state index in [9.17, 15) is 10.2 Å². The molecule has 0 fully saturated rings. The standard InChI is InChI=1S/C10H22O2/c1-6(2)8(5)10(12)9(11)7(3)4/h6-12H,1-5H3/t8?,9-,10-/m0/s1. The van der Waals surface area contributed by atoms with Gasteiger partial charge in [-0.25, -0.2) is 0 Å². The second-order valence-electron chi connectivity index (χ2n) is 4.33. The quantitative estimate of drug-likeness (QED) is 0.680. The summed E-state index contributed by atoms with van der Waals surface area (Å²) < 4.78 is 0. The van der Waals surface area contributed by atoms with Crippen LogP contribution in [0.5, 0.6) is 0 Å². The first-order valence-corrected chi connectivity index (χ1v) is 4.74. The predicted octanol–water partition coefficient (Wildman–Crippen LogP) is 1.66. The topological polar surface area (TPSA) is 40.5 Å². The molecule has 0 aromatic heterocycles. The second-order valence-corrected chi connectivity index (χ2v) is 4.33. The van der Waals surface area contributed by atoms with Crippen LogP contribution < -0.4 is 0 Å². The molecular weight excluding hydrogens is 152 g/mol. The highest BCUT2D eigenvalue weighted by atomic mass is 16.3. The van der Waals surface area contributed by atoms with E-state index in [1.165, 1.54) is 0 Å². The summed E-state index contributed by atoms with van der Waals surface area (Å²) in [5.41, 5.74) is 0. The summed E-state index contributed by atoms with van der Waals surface area (Å²) in [7, 11) is 0. The summed E-state index contributed by atoms with van der Waals surface area (Å²) in [5, 5.41) is 19.2. The van der Waals surface area contributed by atoms with E-state index in [0.29, 0.717) is 5.92 Å². The molecule has 0 radical (unpaired) electrons. The molecule has 0 bridgehead atoms. The molecule has 3 atom stereocenters. The normalized spacial score (nSPS) is 19.8. The highest BCUT2D eigenvalue weighted by molar-refractivity contribution is 4.76. The average Bonchev–Trinajstić information content (AvgIpc) is 2.00. The summed E-state index contributed by atoms with van der Waals surface area (Å²) >= 11 is 0. The SMILES string of the molecule is CC(C)C(C)[C@H](O)[C@@H](O)C(C)C. The Morgan fingerprint density at radius 3 is 1.33 bits per heavy atom. The first-order chi connectivity index (χ1) is 5.37. The van der Waals surface area contributed by atoms with Crippen molar-refractivity contribution in [2.75, 3.05) is 0 Å². The van der Waals surface area contributed by atoms with Gasteiger partial charge >= 0.3 is 0 Å². The molecule has 0 aromatic carbocycles. The van der Waals surface area contributed by atoms with Crippen LogP contribution in [0.2, 0.25) is 0 Å². The Kier molecular flexibility index (Phi) is 4.80.